The largest absolute Gasteiger partial charge is 0.508 e. The number of phenolic OH excluding ortho intramolecular Hbond substituents is 1. The van der Waals surface area contributed by atoms with Crippen LogP contribution in [0.15, 0.2) is 54.6 Å². The summed E-state index contributed by atoms with van der Waals surface area (Å²) in [7, 11) is 6.36. The van der Waals surface area contributed by atoms with Crippen molar-refractivity contribution in [2.45, 2.75) is 12.8 Å². The Bertz CT molecular complexity index is 1470. The molecule has 9 nitrogen and oxygen atoms in total. The molecular weight excluding hydrogens is 520 g/mol. The van der Waals surface area contributed by atoms with Crippen molar-refractivity contribution in [3.63, 3.8) is 0 Å². The van der Waals surface area contributed by atoms with Crippen LogP contribution in [0.4, 0.5) is 5.69 Å². The number of nitrogens with zero attached hydrogens (tertiary/aromatic N) is 2. The van der Waals surface area contributed by atoms with Crippen molar-refractivity contribution >= 4 is 29.9 Å². The van der Waals surface area contributed by atoms with Gasteiger partial charge in [-0.15, -0.1) is 0 Å². The normalized spacial score (nSPS) is 10.9. The third-order valence-electron chi connectivity index (χ3n) is 6.14. The number of fused-ring (bicyclic) bond motifs is 3. The molecule has 1 aliphatic carbocycles. The summed E-state index contributed by atoms with van der Waals surface area (Å²) in [4.78, 5) is 22.0. The molecule has 0 aliphatic heterocycles. The van der Waals surface area contributed by atoms with Crippen LogP contribution in [0.25, 0.3) is 16.9 Å². The number of aromatic nitrogens is 2. The van der Waals surface area contributed by atoms with E-state index in [2.05, 4.69) is 34.3 Å². The van der Waals surface area contributed by atoms with Crippen LogP contribution in [0.5, 0.6) is 17.2 Å². The van der Waals surface area contributed by atoms with E-state index in [9.17, 15) is 14.7 Å². The number of phenols is 1. The molecule has 0 unspecified atom stereocenters. The van der Waals surface area contributed by atoms with Crippen molar-refractivity contribution < 1.29 is 24.2 Å². The third kappa shape index (κ3) is 6.05. The van der Waals surface area contributed by atoms with E-state index in [4.69, 9.17) is 21.1 Å². The number of rotatable bonds is 6. The first-order chi connectivity index (χ1) is 18.9. The van der Waals surface area contributed by atoms with Crippen LogP contribution < -0.4 is 20.5 Å². The summed E-state index contributed by atoms with van der Waals surface area (Å²) in [5.74, 6) is 1.07. The second kappa shape index (κ2) is 13.5. The van der Waals surface area contributed by atoms with Crippen molar-refractivity contribution in [1.29, 1.82) is 0 Å². The number of nitrogens with one attached hydrogen (secondary N) is 1. The average Bonchev–Trinajstić information content (AvgIpc) is 3.37. The van der Waals surface area contributed by atoms with E-state index in [1.54, 1.807) is 35.0 Å². The smallest absolute Gasteiger partial charge is 0.180 e. The lowest BCUT2D eigenvalue weighted by Crippen LogP contribution is -2.08. The van der Waals surface area contributed by atoms with Crippen molar-refractivity contribution in [2.75, 3.05) is 33.6 Å². The highest BCUT2D eigenvalue weighted by molar-refractivity contribution is 6.34. The quantitative estimate of drug-likeness (QED) is 0.288. The standard InChI is InChI=1S/C19H17N3O2.C9H9ClO3.CH5N/c1-20-13-7-5-12-6-8-16-18(11-23)21-22(19(16)17(12)9-13)14-3-2-4-15(24)10-14;1-12-7-4-3-6(5-11)8(10)9(7)13-2;1-2/h2-5,7,9-11,20,24H,6,8H2,1H3;3-5H,1-2H3;2H2,1H3. The first kappa shape index (κ1) is 29.2. The van der Waals surface area contributed by atoms with Crippen molar-refractivity contribution in [2.24, 2.45) is 5.73 Å². The van der Waals surface area contributed by atoms with E-state index in [1.807, 2.05) is 13.1 Å². The molecule has 0 amide bonds. The number of carbonyl (C=O) groups excluding carboxylic acids is 2. The summed E-state index contributed by atoms with van der Waals surface area (Å²) in [6.07, 6.45) is 3.16. The van der Waals surface area contributed by atoms with Gasteiger partial charge in [-0.1, -0.05) is 23.7 Å². The Kier molecular flexibility index (Phi) is 10.1. The fraction of sp³-hybridized carbons (Fsp3) is 0.207. The number of aldehydes is 2. The Balaban J connectivity index is 0.000000239. The molecule has 5 rings (SSSR count). The summed E-state index contributed by atoms with van der Waals surface area (Å²) in [5.41, 5.74) is 11.3. The number of ether oxygens (including phenoxy) is 2. The first-order valence-corrected chi connectivity index (χ1v) is 12.4. The molecular formula is C29H31ClN4O5. The van der Waals surface area contributed by atoms with Crippen LogP contribution >= 0.6 is 11.6 Å². The van der Waals surface area contributed by atoms with Gasteiger partial charge in [0, 0.05) is 35.5 Å². The number of anilines is 1. The molecule has 0 atom stereocenters. The van der Waals surface area contributed by atoms with Crippen LogP contribution in [0, 0.1) is 0 Å². The minimum absolute atomic E-state index is 0.171. The van der Waals surface area contributed by atoms with Gasteiger partial charge in [-0.25, -0.2) is 4.68 Å². The van der Waals surface area contributed by atoms with E-state index >= 15 is 0 Å². The maximum atomic E-state index is 11.5. The van der Waals surface area contributed by atoms with Crippen LogP contribution in [0.2, 0.25) is 5.02 Å². The zero-order chi connectivity index (χ0) is 28.5. The van der Waals surface area contributed by atoms with Gasteiger partial charge in [0.15, 0.2) is 24.1 Å². The molecule has 0 radical (unpaired) electrons. The molecule has 3 aromatic carbocycles. The first-order valence-electron chi connectivity index (χ1n) is 12.1. The maximum Gasteiger partial charge on any atom is 0.180 e. The van der Waals surface area contributed by atoms with Crippen LogP contribution in [-0.2, 0) is 12.8 Å². The molecule has 1 aliphatic rings. The number of aryl methyl sites for hydroxylation is 1. The number of carbonyl (C=O) groups is 2. The number of benzene rings is 3. The van der Waals surface area contributed by atoms with Gasteiger partial charge in [0.1, 0.15) is 11.4 Å². The lowest BCUT2D eigenvalue weighted by atomic mass is 9.88. The maximum absolute atomic E-state index is 11.5. The van der Waals surface area contributed by atoms with Crippen LogP contribution in [-0.4, -0.2) is 55.8 Å². The van der Waals surface area contributed by atoms with Crippen molar-refractivity contribution in [3.05, 3.63) is 82.0 Å². The van der Waals surface area contributed by atoms with Gasteiger partial charge < -0.3 is 25.6 Å². The van der Waals surface area contributed by atoms with Gasteiger partial charge in [-0.2, -0.15) is 5.10 Å². The molecule has 0 saturated carbocycles. The Hall–Kier alpha value is -4.34. The second-order valence-corrected chi connectivity index (χ2v) is 8.58. The van der Waals surface area contributed by atoms with Crippen molar-refractivity contribution in [3.8, 4) is 34.2 Å². The molecule has 39 heavy (non-hydrogen) atoms. The predicted octanol–water partition coefficient (Wildman–Crippen LogP) is 4.94. The molecule has 4 aromatic rings. The topological polar surface area (TPSA) is 129 Å². The second-order valence-electron chi connectivity index (χ2n) is 8.21. The lowest BCUT2D eigenvalue weighted by molar-refractivity contribution is 0.111. The zero-order valence-electron chi connectivity index (χ0n) is 22.2. The van der Waals surface area contributed by atoms with Gasteiger partial charge in [-0.05, 0) is 61.9 Å². The van der Waals surface area contributed by atoms with Gasteiger partial charge in [0.05, 0.1) is 30.6 Å². The summed E-state index contributed by atoms with van der Waals surface area (Å²) in [5, 5.41) is 17.7. The summed E-state index contributed by atoms with van der Waals surface area (Å²) in [6.45, 7) is 0. The Labute approximate surface area is 232 Å². The number of hydrogen-bond donors (Lipinski definition) is 3. The molecule has 1 aromatic heterocycles. The highest BCUT2D eigenvalue weighted by Gasteiger charge is 2.26. The van der Waals surface area contributed by atoms with E-state index in [0.717, 1.165) is 47.3 Å². The lowest BCUT2D eigenvalue weighted by Gasteiger charge is -2.19. The monoisotopic (exact) mass is 550 g/mol. The molecule has 10 heteroatoms. The molecule has 4 N–H and O–H groups in total. The molecule has 1 heterocycles. The predicted molar refractivity (Wildman–Crippen MR) is 153 cm³/mol. The summed E-state index contributed by atoms with van der Waals surface area (Å²) < 4.78 is 11.7. The minimum Gasteiger partial charge on any atom is -0.508 e. The van der Waals surface area contributed by atoms with Gasteiger partial charge in [0.25, 0.3) is 0 Å². The number of halogens is 1. The number of nitrogens with two attached hydrogens (primary N) is 1. The zero-order valence-corrected chi connectivity index (χ0v) is 23.0. The van der Waals surface area contributed by atoms with Gasteiger partial charge >= 0.3 is 0 Å². The van der Waals surface area contributed by atoms with Gasteiger partial charge in [-0.3, -0.25) is 9.59 Å². The average molecular weight is 551 g/mol. The minimum atomic E-state index is 0.171. The summed E-state index contributed by atoms with van der Waals surface area (Å²) in [6, 6.07) is 16.4. The number of hydrogen-bond acceptors (Lipinski definition) is 8. The fourth-order valence-electron chi connectivity index (χ4n) is 4.32. The fourth-order valence-corrected chi connectivity index (χ4v) is 4.60. The Morgan fingerprint density at radius 2 is 1.79 bits per heavy atom. The number of aromatic hydroxyl groups is 1. The third-order valence-corrected chi connectivity index (χ3v) is 6.53. The molecule has 0 saturated heterocycles. The number of methoxy groups -OCH3 is 2. The molecule has 0 bridgehead atoms. The van der Waals surface area contributed by atoms with Crippen LogP contribution in [0.3, 0.4) is 0 Å². The van der Waals surface area contributed by atoms with Gasteiger partial charge in [0.2, 0.25) is 0 Å². The molecule has 204 valence electrons. The highest BCUT2D eigenvalue weighted by Crippen LogP contribution is 2.38. The van der Waals surface area contributed by atoms with Crippen LogP contribution in [0.1, 0.15) is 32.0 Å². The molecule has 0 spiro atoms. The Morgan fingerprint density at radius 3 is 2.41 bits per heavy atom. The van der Waals surface area contributed by atoms with E-state index in [0.29, 0.717) is 29.0 Å². The highest BCUT2D eigenvalue weighted by atomic mass is 35.5. The SMILES string of the molecule is CN.CNc1ccc2c(c1)-c1c(c(C=O)nn1-c1cccc(O)c1)CC2.COc1ccc(C=O)c(Cl)c1OC. The van der Waals surface area contributed by atoms with E-state index in [-0.39, 0.29) is 10.8 Å². The Morgan fingerprint density at radius 1 is 1.03 bits per heavy atom. The van der Waals surface area contributed by atoms with Crippen molar-refractivity contribution in [1.82, 2.24) is 9.78 Å². The molecule has 0 fully saturated rings. The van der Waals surface area contributed by atoms with E-state index < -0.39 is 0 Å². The van der Waals surface area contributed by atoms with E-state index in [1.165, 1.54) is 26.8 Å². The summed E-state index contributed by atoms with van der Waals surface area (Å²) >= 11 is 5.86.